The number of halogens is 1. The summed E-state index contributed by atoms with van der Waals surface area (Å²) in [6.07, 6.45) is 2.30. The van der Waals surface area contributed by atoms with Gasteiger partial charge < -0.3 is 14.0 Å². The molecule has 0 amide bonds. The Morgan fingerprint density at radius 2 is 2.04 bits per heavy atom. The van der Waals surface area contributed by atoms with Crippen LogP contribution in [0.3, 0.4) is 0 Å². The van der Waals surface area contributed by atoms with Gasteiger partial charge in [0.15, 0.2) is 0 Å². The van der Waals surface area contributed by atoms with Crippen molar-refractivity contribution in [3.63, 3.8) is 0 Å². The predicted molar refractivity (Wildman–Crippen MR) is 101 cm³/mol. The van der Waals surface area contributed by atoms with E-state index in [1.54, 1.807) is 12.1 Å². The van der Waals surface area contributed by atoms with Crippen molar-refractivity contribution >= 4 is 27.6 Å². The van der Waals surface area contributed by atoms with Crippen molar-refractivity contribution in [2.24, 2.45) is 0 Å². The molecule has 152 valence electrons. The van der Waals surface area contributed by atoms with Crippen LogP contribution in [0.25, 0.3) is 0 Å². The Labute approximate surface area is 168 Å². The fraction of sp³-hybridized carbons (Fsp3) is 0.444. The third kappa shape index (κ3) is 4.31. The molecular formula is C18H21ClN2O6S. The van der Waals surface area contributed by atoms with Gasteiger partial charge in [-0.25, -0.2) is 13.2 Å². The normalized spacial score (nSPS) is 20.7. The molecule has 2 atom stereocenters. The molecule has 3 rings (SSSR count). The summed E-state index contributed by atoms with van der Waals surface area (Å²) in [6.45, 7) is 1.97. The summed E-state index contributed by atoms with van der Waals surface area (Å²) in [6, 6.07) is 6.87. The number of rotatable bonds is 6. The fourth-order valence-electron chi connectivity index (χ4n) is 3.29. The van der Waals surface area contributed by atoms with E-state index in [4.69, 9.17) is 20.9 Å². The van der Waals surface area contributed by atoms with E-state index in [0.29, 0.717) is 11.4 Å². The van der Waals surface area contributed by atoms with Crippen LogP contribution in [0.1, 0.15) is 36.7 Å². The molecule has 1 aromatic heterocycles. The van der Waals surface area contributed by atoms with Gasteiger partial charge in [-0.2, -0.15) is 4.31 Å². The molecule has 2 aromatic rings. The summed E-state index contributed by atoms with van der Waals surface area (Å²) in [7, 11) is -2.49. The standard InChI is InChI=1S/C18H21ClN2O6S/c1-12-4-3-5-14(11-26-17-10-16(27-20-17)18(22)25-2)21(12)28(23,24)15-8-6-13(19)7-9-15/h6-10,12,14H,3-5,11H2,1-2H3/t12-,14-/m1/s1. The van der Waals surface area contributed by atoms with Crippen LogP contribution >= 0.6 is 11.6 Å². The zero-order valence-electron chi connectivity index (χ0n) is 15.5. The SMILES string of the molecule is COC(=O)c1cc(OC[C@H]2CCC[C@@H](C)N2S(=O)(=O)c2ccc(Cl)cc2)no1. The van der Waals surface area contributed by atoms with E-state index in [1.165, 1.54) is 29.6 Å². The van der Waals surface area contributed by atoms with Crippen LogP contribution in [0, 0.1) is 0 Å². The third-order valence-electron chi connectivity index (χ3n) is 4.64. The molecule has 1 saturated heterocycles. The molecule has 10 heteroatoms. The highest BCUT2D eigenvalue weighted by Gasteiger charge is 2.38. The van der Waals surface area contributed by atoms with Crippen molar-refractivity contribution in [2.45, 2.75) is 43.2 Å². The van der Waals surface area contributed by atoms with E-state index < -0.39 is 16.0 Å². The number of piperidine rings is 1. The maximum absolute atomic E-state index is 13.2. The number of benzene rings is 1. The lowest BCUT2D eigenvalue weighted by Gasteiger charge is -2.39. The Hall–Kier alpha value is -2.10. The molecule has 2 heterocycles. The lowest BCUT2D eigenvalue weighted by atomic mass is 10.0. The zero-order valence-corrected chi connectivity index (χ0v) is 17.1. The molecule has 1 aromatic carbocycles. The Morgan fingerprint density at radius 1 is 1.32 bits per heavy atom. The zero-order chi connectivity index (χ0) is 20.3. The molecule has 28 heavy (non-hydrogen) atoms. The minimum Gasteiger partial charge on any atom is -0.474 e. The molecule has 0 unspecified atom stereocenters. The largest absolute Gasteiger partial charge is 0.474 e. The van der Waals surface area contributed by atoms with Crippen molar-refractivity contribution in [1.82, 2.24) is 9.46 Å². The van der Waals surface area contributed by atoms with Gasteiger partial charge in [0.25, 0.3) is 5.88 Å². The molecule has 0 saturated carbocycles. The molecule has 0 aliphatic carbocycles. The second kappa shape index (κ2) is 8.50. The Kier molecular flexibility index (Phi) is 6.26. The quantitative estimate of drug-likeness (QED) is 0.651. The van der Waals surface area contributed by atoms with Crippen LogP contribution < -0.4 is 4.74 Å². The van der Waals surface area contributed by atoms with Gasteiger partial charge in [-0.05, 0) is 49.2 Å². The van der Waals surface area contributed by atoms with Crippen molar-refractivity contribution in [2.75, 3.05) is 13.7 Å². The first-order chi connectivity index (χ1) is 13.3. The summed E-state index contributed by atoms with van der Waals surface area (Å²) in [5.41, 5.74) is 0. The summed E-state index contributed by atoms with van der Waals surface area (Å²) in [4.78, 5) is 11.6. The van der Waals surface area contributed by atoms with Gasteiger partial charge in [0.05, 0.1) is 24.1 Å². The molecule has 8 nitrogen and oxygen atoms in total. The minimum atomic E-state index is -3.72. The minimum absolute atomic E-state index is 0.0832. The van der Waals surface area contributed by atoms with Gasteiger partial charge in [-0.1, -0.05) is 18.0 Å². The van der Waals surface area contributed by atoms with Crippen LogP contribution in [-0.2, 0) is 14.8 Å². The average Bonchev–Trinajstić information content (AvgIpc) is 3.15. The van der Waals surface area contributed by atoms with E-state index in [-0.39, 0.29) is 35.2 Å². The van der Waals surface area contributed by atoms with Crippen LogP contribution in [0.4, 0.5) is 0 Å². The number of hydrogen-bond donors (Lipinski definition) is 0. The predicted octanol–water partition coefficient (Wildman–Crippen LogP) is 3.13. The topological polar surface area (TPSA) is 98.9 Å². The van der Waals surface area contributed by atoms with Gasteiger partial charge in [-0.3, -0.25) is 0 Å². The van der Waals surface area contributed by atoms with E-state index in [2.05, 4.69) is 9.89 Å². The molecule has 0 spiro atoms. The first-order valence-corrected chi connectivity index (χ1v) is 10.6. The first kappa shape index (κ1) is 20.6. The lowest BCUT2D eigenvalue weighted by Crippen LogP contribution is -2.51. The highest BCUT2D eigenvalue weighted by atomic mass is 35.5. The lowest BCUT2D eigenvalue weighted by molar-refractivity contribution is 0.0554. The Morgan fingerprint density at radius 3 is 2.71 bits per heavy atom. The van der Waals surface area contributed by atoms with E-state index in [1.807, 2.05) is 6.92 Å². The van der Waals surface area contributed by atoms with E-state index >= 15 is 0 Å². The molecule has 0 N–H and O–H groups in total. The monoisotopic (exact) mass is 428 g/mol. The number of nitrogens with zero attached hydrogens (tertiary/aromatic N) is 2. The highest BCUT2D eigenvalue weighted by molar-refractivity contribution is 7.89. The Balaban J connectivity index is 1.78. The highest BCUT2D eigenvalue weighted by Crippen LogP contribution is 2.30. The number of methoxy groups -OCH3 is 1. The van der Waals surface area contributed by atoms with Crippen molar-refractivity contribution in [3.8, 4) is 5.88 Å². The van der Waals surface area contributed by atoms with Gasteiger partial charge in [0, 0.05) is 11.1 Å². The van der Waals surface area contributed by atoms with Gasteiger partial charge in [0.2, 0.25) is 15.8 Å². The molecule has 0 bridgehead atoms. The van der Waals surface area contributed by atoms with Gasteiger partial charge in [0.1, 0.15) is 6.61 Å². The third-order valence-corrected chi connectivity index (χ3v) is 6.97. The first-order valence-electron chi connectivity index (χ1n) is 8.80. The van der Waals surface area contributed by atoms with E-state index in [9.17, 15) is 13.2 Å². The van der Waals surface area contributed by atoms with Crippen LogP contribution in [0.15, 0.2) is 39.8 Å². The smallest absolute Gasteiger partial charge is 0.377 e. The average molecular weight is 429 g/mol. The van der Waals surface area contributed by atoms with Crippen molar-refractivity contribution in [1.29, 1.82) is 0 Å². The maximum atomic E-state index is 13.2. The number of carbonyl (C=O) groups excluding carboxylic acids is 1. The van der Waals surface area contributed by atoms with Crippen molar-refractivity contribution in [3.05, 3.63) is 41.1 Å². The van der Waals surface area contributed by atoms with Gasteiger partial charge >= 0.3 is 5.97 Å². The van der Waals surface area contributed by atoms with Gasteiger partial charge in [-0.15, -0.1) is 0 Å². The fourth-order valence-corrected chi connectivity index (χ4v) is 5.27. The van der Waals surface area contributed by atoms with E-state index in [0.717, 1.165) is 12.8 Å². The summed E-state index contributed by atoms with van der Waals surface area (Å²) >= 11 is 5.88. The molecular weight excluding hydrogens is 408 g/mol. The number of aromatic nitrogens is 1. The second-order valence-corrected chi connectivity index (χ2v) is 8.83. The number of hydrogen-bond acceptors (Lipinski definition) is 7. The number of sulfonamides is 1. The number of esters is 1. The van der Waals surface area contributed by atoms with Crippen LogP contribution in [0.5, 0.6) is 5.88 Å². The molecule has 1 fully saturated rings. The second-order valence-electron chi connectivity index (χ2n) is 6.55. The summed E-state index contributed by atoms with van der Waals surface area (Å²) in [5, 5.41) is 4.13. The number of carbonyl (C=O) groups is 1. The molecule has 0 radical (unpaired) electrons. The van der Waals surface area contributed by atoms with Crippen LogP contribution in [0.2, 0.25) is 5.02 Å². The summed E-state index contributed by atoms with van der Waals surface area (Å²) < 4.78 is 42.9. The van der Waals surface area contributed by atoms with Crippen LogP contribution in [-0.4, -0.2) is 49.6 Å². The summed E-state index contributed by atoms with van der Waals surface area (Å²) in [5.74, 6) is -0.650. The Bertz CT molecular complexity index is 928. The molecule has 1 aliphatic rings. The van der Waals surface area contributed by atoms with Crippen molar-refractivity contribution < 1.29 is 27.2 Å². The maximum Gasteiger partial charge on any atom is 0.377 e. The molecule has 1 aliphatic heterocycles. The number of ether oxygens (including phenoxy) is 2.